The van der Waals surface area contributed by atoms with Crippen LogP contribution in [0.2, 0.25) is 0 Å². The number of rotatable bonds is 9. The first-order valence-corrected chi connectivity index (χ1v) is 11.2. The van der Waals surface area contributed by atoms with Gasteiger partial charge in [0.25, 0.3) is 0 Å². The number of carbonyl (C=O) groups is 1. The Morgan fingerprint density at radius 3 is 2.57 bits per heavy atom. The zero-order valence-corrected chi connectivity index (χ0v) is 18.9. The second-order valence-corrected chi connectivity index (χ2v) is 7.74. The first-order chi connectivity index (χ1) is 14.5. The SMILES string of the molecule is CCNC(=NCCc1cccc(OC)c1O)NC1CCN(C(=O)C(CC)CC)CC1. The van der Waals surface area contributed by atoms with Crippen molar-refractivity contribution in [3.8, 4) is 11.5 Å². The molecule has 2 rings (SSSR count). The van der Waals surface area contributed by atoms with E-state index in [1.54, 1.807) is 13.2 Å². The Balaban J connectivity index is 1.88. The van der Waals surface area contributed by atoms with E-state index in [2.05, 4.69) is 29.5 Å². The molecule has 30 heavy (non-hydrogen) atoms. The smallest absolute Gasteiger partial charge is 0.225 e. The number of hydrogen-bond acceptors (Lipinski definition) is 4. The summed E-state index contributed by atoms with van der Waals surface area (Å²) in [5.74, 6) is 1.90. The first kappa shape index (κ1) is 23.8. The van der Waals surface area contributed by atoms with Crippen molar-refractivity contribution in [3.05, 3.63) is 23.8 Å². The van der Waals surface area contributed by atoms with E-state index in [0.29, 0.717) is 30.7 Å². The molecular formula is C23H38N4O3. The molecule has 7 nitrogen and oxygen atoms in total. The highest BCUT2D eigenvalue weighted by molar-refractivity contribution is 5.80. The molecule has 3 N–H and O–H groups in total. The average Bonchev–Trinajstić information content (AvgIpc) is 2.76. The Kier molecular flexibility index (Phi) is 9.77. The minimum absolute atomic E-state index is 0.154. The van der Waals surface area contributed by atoms with Crippen LogP contribution in [0.25, 0.3) is 0 Å². The van der Waals surface area contributed by atoms with Gasteiger partial charge in [-0.1, -0.05) is 26.0 Å². The number of aromatic hydroxyl groups is 1. The van der Waals surface area contributed by atoms with Gasteiger partial charge in [0.15, 0.2) is 17.5 Å². The third-order valence-electron chi connectivity index (χ3n) is 5.78. The maximum atomic E-state index is 12.6. The molecule has 168 valence electrons. The molecular weight excluding hydrogens is 380 g/mol. The van der Waals surface area contributed by atoms with E-state index in [4.69, 9.17) is 4.74 Å². The molecule has 0 bridgehead atoms. The number of methoxy groups -OCH3 is 1. The number of piperidine rings is 1. The summed E-state index contributed by atoms with van der Waals surface area (Å²) in [6, 6.07) is 5.81. The van der Waals surface area contributed by atoms with E-state index in [1.807, 2.05) is 24.0 Å². The molecule has 0 saturated carbocycles. The number of nitrogens with zero attached hydrogens (tertiary/aromatic N) is 2. The highest BCUT2D eigenvalue weighted by Gasteiger charge is 2.26. The molecule has 0 aromatic heterocycles. The highest BCUT2D eigenvalue weighted by Crippen LogP contribution is 2.29. The van der Waals surface area contributed by atoms with Gasteiger partial charge < -0.3 is 25.4 Å². The van der Waals surface area contributed by atoms with E-state index in [-0.39, 0.29) is 11.7 Å². The maximum Gasteiger partial charge on any atom is 0.225 e. The summed E-state index contributed by atoms with van der Waals surface area (Å²) in [5.41, 5.74) is 0.821. The predicted molar refractivity (Wildman–Crippen MR) is 121 cm³/mol. The van der Waals surface area contributed by atoms with Crippen LogP contribution in [0.5, 0.6) is 11.5 Å². The van der Waals surface area contributed by atoms with Gasteiger partial charge in [-0.25, -0.2) is 0 Å². The number of phenolic OH excluding ortho intramolecular Hbond substituents is 1. The van der Waals surface area contributed by atoms with Gasteiger partial charge in [0.05, 0.1) is 7.11 Å². The Morgan fingerprint density at radius 1 is 1.27 bits per heavy atom. The zero-order valence-electron chi connectivity index (χ0n) is 18.9. The van der Waals surface area contributed by atoms with Crippen molar-refractivity contribution in [3.63, 3.8) is 0 Å². The highest BCUT2D eigenvalue weighted by atomic mass is 16.5. The van der Waals surface area contributed by atoms with E-state index in [9.17, 15) is 9.90 Å². The minimum Gasteiger partial charge on any atom is -0.504 e. The third kappa shape index (κ3) is 6.54. The Hall–Kier alpha value is -2.44. The summed E-state index contributed by atoms with van der Waals surface area (Å²) in [6.07, 6.45) is 4.29. The Morgan fingerprint density at radius 2 is 1.97 bits per heavy atom. The van der Waals surface area contributed by atoms with Crippen LogP contribution in [-0.2, 0) is 11.2 Å². The molecule has 1 aromatic carbocycles. The number of nitrogens with one attached hydrogen (secondary N) is 2. The molecule has 1 aliphatic heterocycles. The molecule has 7 heteroatoms. The van der Waals surface area contributed by atoms with Crippen LogP contribution in [0.15, 0.2) is 23.2 Å². The zero-order chi connectivity index (χ0) is 21.9. The number of benzene rings is 1. The normalized spacial score (nSPS) is 15.4. The summed E-state index contributed by atoms with van der Waals surface area (Å²) in [4.78, 5) is 19.3. The van der Waals surface area contributed by atoms with E-state index < -0.39 is 0 Å². The number of carbonyl (C=O) groups excluding carboxylic acids is 1. The van der Waals surface area contributed by atoms with Crippen molar-refractivity contribution in [1.29, 1.82) is 0 Å². The summed E-state index contributed by atoms with van der Waals surface area (Å²) in [6.45, 7) is 9.15. The minimum atomic E-state index is 0.154. The van der Waals surface area contributed by atoms with Crippen molar-refractivity contribution in [1.82, 2.24) is 15.5 Å². The van der Waals surface area contributed by atoms with Crippen molar-refractivity contribution >= 4 is 11.9 Å². The third-order valence-corrected chi connectivity index (χ3v) is 5.78. The van der Waals surface area contributed by atoms with Gasteiger partial charge in [0.2, 0.25) is 5.91 Å². The molecule has 1 saturated heterocycles. The largest absolute Gasteiger partial charge is 0.504 e. The molecule has 1 aromatic rings. The average molecular weight is 419 g/mol. The molecule has 1 fully saturated rings. The van der Waals surface area contributed by atoms with Gasteiger partial charge in [-0.3, -0.25) is 9.79 Å². The number of phenols is 1. The van der Waals surface area contributed by atoms with Gasteiger partial charge in [-0.15, -0.1) is 0 Å². The Labute approximate surface area is 180 Å². The molecule has 1 aliphatic rings. The molecule has 0 radical (unpaired) electrons. The quantitative estimate of drug-likeness (QED) is 0.424. The molecule has 0 spiro atoms. The second kappa shape index (κ2) is 12.3. The lowest BCUT2D eigenvalue weighted by molar-refractivity contribution is -0.136. The maximum absolute atomic E-state index is 12.6. The van der Waals surface area contributed by atoms with Crippen LogP contribution < -0.4 is 15.4 Å². The molecule has 1 amide bonds. The van der Waals surface area contributed by atoms with Gasteiger partial charge in [-0.05, 0) is 50.7 Å². The van der Waals surface area contributed by atoms with Gasteiger partial charge >= 0.3 is 0 Å². The van der Waals surface area contributed by atoms with Crippen LogP contribution in [-0.4, -0.2) is 61.2 Å². The summed E-state index contributed by atoms with van der Waals surface area (Å²) in [5, 5.41) is 17.0. The standard InChI is InChI=1S/C23H38N4O3/c1-5-17(6-2)22(29)27-15-12-19(13-16-27)26-23(24-7-3)25-14-11-18-9-8-10-20(30-4)21(18)28/h8-10,17,19,28H,5-7,11-16H2,1-4H3,(H2,24,25,26). The van der Waals surface area contributed by atoms with E-state index in [1.165, 1.54) is 0 Å². The van der Waals surface area contributed by atoms with Crippen LogP contribution in [0, 0.1) is 5.92 Å². The monoisotopic (exact) mass is 418 g/mol. The lowest BCUT2D eigenvalue weighted by atomic mass is 9.98. The number of likely N-dealkylation sites (tertiary alicyclic amines) is 1. The number of para-hydroxylation sites is 1. The van der Waals surface area contributed by atoms with Gasteiger partial charge in [-0.2, -0.15) is 0 Å². The van der Waals surface area contributed by atoms with Crippen molar-refractivity contribution in [2.45, 2.75) is 58.9 Å². The first-order valence-electron chi connectivity index (χ1n) is 11.2. The number of aliphatic imine (C=N–C) groups is 1. The molecule has 0 aliphatic carbocycles. The van der Waals surface area contributed by atoms with Crippen LogP contribution >= 0.6 is 0 Å². The van der Waals surface area contributed by atoms with Gasteiger partial charge in [0, 0.05) is 38.1 Å². The van der Waals surface area contributed by atoms with Crippen molar-refractivity contribution in [2.75, 3.05) is 33.3 Å². The number of hydrogen-bond donors (Lipinski definition) is 3. The summed E-state index contributed by atoms with van der Waals surface area (Å²) < 4.78 is 5.17. The van der Waals surface area contributed by atoms with Crippen LogP contribution in [0.1, 0.15) is 52.0 Å². The molecule has 0 atom stereocenters. The number of guanidine groups is 1. The van der Waals surface area contributed by atoms with Crippen LogP contribution in [0.3, 0.4) is 0 Å². The predicted octanol–water partition coefficient (Wildman–Crippen LogP) is 2.93. The fourth-order valence-electron chi connectivity index (χ4n) is 3.88. The van der Waals surface area contributed by atoms with Gasteiger partial charge in [0.1, 0.15) is 0 Å². The molecule has 0 unspecified atom stereocenters. The lowest BCUT2D eigenvalue weighted by Gasteiger charge is -2.34. The number of ether oxygens (including phenoxy) is 1. The Bertz CT molecular complexity index is 696. The topological polar surface area (TPSA) is 86.2 Å². The van der Waals surface area contributed by atoms with E-state index in [0.717, 1.165) is 56.8 Å². The fourth-order valence-corrected chi connectivity index (χ4v) is 3.88. The lowest BCUT2D eigenvalue weighted by Crippen LogP contribution is -2.50. The van der Waals surface area contributed by atoms with Crippen molar-refractivity contribution in [2.24, 2.45) is 10.9 Å². The summed E-state index contributed by atoms with van der Waals surface area (Å²) >= 11 is 0. The second-order valence-electron chi connectivity index (χ2n) is 7.74. The van der Waals surface area contributed by atoms with E-state index >= 15 is 0 Å². The summed E-state index contributed by atoms with van der Waals surface area (Å²) in [7, 11) is 1.55. The number of amides is 1. The fraction of sp³-hybridized carbons (Fsp3) is 0.652. The van der Waals surface area contributed by atoms with Crippen LogP contribution in [0.4, 0.5) is 0 Å². The van der Waals surface area contributed by atoms with Crippen molar-refractivity contribution < 1.29 is 14.6 Å². The molecule has 1 heterocycles.